The predicted octanol–water partition coefficient (Wildman–Crippen LogP) is 11.4. The molecule has 210 valence electrons. The van der Waals surface area contributed by atoms with Gasteiger partial charge in [0.25, 0.3) is 0 Å². The highest BCUT2D eigenvalue weighted by Crippen LogP contribution is 2.44. The number of para-hydroxylation sites is 3. The van der Waals surface area contributed by atoms with Crippen LogP contribution in [0.5, 0.6) is 0 Å². The van der Waals surface area contributed by atoms with Gasteiger partial charge in [0, 0.05) is 38.3 Å². The van der Waals surface area contributed by atoms with Crippen molar-refractivity contribution >= 4 is 65.6 Å². The molecule has 0 bridgehead atoms. The topological polar surface area (TPSA) is 23.0 Å². The molecule has 10 rings (SSSR count). The molecule has 0 saturated carbocycles. The van der Waals surface area contributed by atoms with Gasteiger partial charge in [-0.15, -0.1) is 0 Å². The molecule has 3 heteroatoms. The number of fused-ring (bicyclic) bond motifs is 11. The Bertz CT molecular complexity index is 2730. The smallest absolute Gasteiger partial charge is 0.160 e. The molecule has 0 spiro atoms. The normalized spacial score (nSPS) is 12.0. The van der Waals surface area contributed by atoms with E-state index < -0.39 is 0 Å². The van der Waals surface area contributed by atoms with E-state index >= 15 is 0 Å². The summed E-state index contributed by atoms with van der Waals surface area (Å²) in [7, 11) is 0. The van der Waals surface area contributed by atoms with E-state index in [2.05, 4.69) is 167 Å². The predicted molar refractivity (Wildman–Crippen MR) is 188 cm³/mol. The molecule has 0 radical (unpaired) electrons. The summed E-state index contributed by atoms with van der Waals surface area (Å²) in [5.74, 6) is 0. The minimum absolute atomic E-state index is 0.912. The summed E-state index contributed by atoms with van der Waals surface area (Å²) in [6, 6.07) is 56.3. The number of rotatable bonds is 3. The zero-order valence-corrected chi connectivity index (χ0v) is 24.3. The van der Waals surface area contributed by atoms with E-state index in [1.165, 1.54) is 38.3 Å². The Morgan fingerprint density at radius 3 is 1.67 bits per heavy atom. The Balaban J connectivity index is 1.31. The third kappa shape index (κ3) is 3.41. The molecule has 3 nitrogen and oxygen atoms in total. The lowest BCUT2D eigenvalue weighted by Gasteiger charge is -2.09. The van der Waals surface area contributed by atoms with E-state index in [4.69, 9.17) is 4.42 Å². The van der Waals surface area contributed by atoms with Crippen LogP contribution in [0.2, 0.25) is 0 Å². The summed E-state index contributed by atoms with van der Waals surface area (Å²) in [6.07, 6.45) is 0. The molecule has 3 aromatic heterocycles. The quantitative estimate of drug-likeness (QED) is 0.206. The third-order valence-electron chi connectivity index (χ3n) is 9.32. The van der Waals surface area contributed by atoms with E-state index in [1.807, 2.05) is 0 Å². The number of furan rings is 1. The van der Waals surface area contributed by atoms with Crippen LogP contribution in [-0.4, -0.2) is 9.13 Å². The summed E-state index contributed by atoms with van der Waals surface area (Å²) in [6.45, 7) is 0. The molecule has 0 atom stereocenters. The van der Waals surface area contributed by atoms with E-state index in [1.54, 1.807) is 0 Å². The van der Waals surface area contributed by atoms with E-state index in [9.17, 15) is 0 Å². The molecular weight excluding hydrogens is 548 g/mol. The van der Waals surface area contributed by atoms with Gasteiger partial charge < -0.3 is 13.6 Å². The maximum absolute atomic E-state index is 7.09. The highest BCUT2D eigenvalue weighted by atomic mass is 16.3. The summed E-state index contributed by atoms with van der Waals surface area (Å²) in [5.41, 5.74) is 11.1. The van der Waals surface area contributed by atoms with Gasteiger partial charge in [-0.3, -0.25) is 0 Å². The van der Waals surface area contributed by atoms with Gasteiger partial charge >= 0.3 is 0 Å². The van der Waals surface area contributed by atoms with Crippen molar-refractivity contribution in [2.75, 3.05) is 0 Å². The third-order valence-corrected chi connectivity index (χ3v) is 9.32. The van der Waals surface area contributed by atoms with Crippen molar-refractivity contribution < 1.29 is 4.42 Å². The maximum atomic E-state index is 7.09. The summed E-state index contributed by atoms with van der Waals surface area (Å²) < 4.78 is 11.8. The monoisotopic (exact) mass is 574 g/mol. The maximum Gasteiger partial charge on any atom is 0.160 e. The first-order chi connectivity index (χ1) is 22.3. The second kappa shape index (κ2) is 9.22. The van der Waals surface area contributed by atoms with Crippen molar-refractivity contribution in [1.82, 2.24) is 9.13 Å². The lowest BCUT2D eigenvalue weighted by molar-refractivity contribution is 0.675. The zero-order chi connectivity index (χ0) is 29.5. The van der Waals surface area contributed by atoms with Crippen LogP contribution in [0.4, 0.5) is 0 Å². The molecule has 0 aliphatic rings. The van der Waals surface area contributed by atoms with Crippen LogP contribution < -0.4 is 0 Å². The fourth-order valence-corrected chi connectivity index (χ4v) is 7.35. The van der Waals surface area contributed by atoms with Gasteiger partial charge in [-0.1, -0.05) is 103 Å². The van der Waals surface area contributed by atoms with Gasteiger partial charge in [-0.25, -0.2) is 0 Å². The van der Waals surface area contributed by atoms with Gasteiger partial charge in [-0.05, 0) is 65.7 Å². The molecule has 0 amide bonds. The Kier molecular flexibility index (Phi) is 5.00. The van der Waals surface area contributed by atoms with Crippen molar-refractivity contribution in [3.05, 3.63) is 158 Å². The highest BCUT2D eigenvalue weighted by molar-refractivity contribution is 6.27. The minimum Gasteiger partial charge on any atom is -0.453 e. The van der Waals surface area contributed by atoms with E-state index in [0.29, 0.717) is 0 Å². The van der Waals surface area contributed by atoms with Crippen molar-refractivity contribution in [1.29, 1.82) is 0 Å². The zero-order valence-electron chi connectivity index (χ0n) is 24.3. The van der Waals surface area contributed by atoms with Crippen molar-refractivity contribution in [3.63, 3.8) is 0 Å². The van der Waals surface area contributed by atoms with Gasteiger partial charge in [0.15, 0.2) is 5.58 Å². The van der Waals surface area contributed by atoms with Crippen LogP contribution in [0.15, 0.2) is 162 Å². The second-order valence-corrected chi connectivity index (χ2v) is 11.7. The van der Waals surface area contributed by atoms with Crippen LogP contribution in [-0.2, 0) is 0 Å². The van der Waals surface area contributed by atoms with Crippen LogP contribution in [0.3, 0.4) is 0 Å². The molecule has 0 aliphatic heterocycles. The van der Waals surface area contributed by atoms with Crippen LogP contribution in [0.25, 0.3) is 88.1 Å². The Morgan fingerprint density at radius 2 is 0.889 bits per heavy atom. The standard InChI is InChI=1S/C42H26N2O/c1-3-11-27(12-4-1)28-19-21-30(22-20-28)44-36-17-9-7-15-31(36)32-23-24-34-33-25-26-38-39(41(33)45-42(34)40(32)44)35-16-8-10-18-37(35)43(38)29-13-5-2-6-14-29/h1-26H. The lowest BCUT2D eigenvalue weighted by atomic mass is 10.1. The van der Waals surface area contributed by atoms with Gasteiger partial charge in [-0.2, -0.15) is 0 Å². The van der Waals surface area contributed by atoms with Crippen LogP contribution in [0.1, 0.15) is 0 Å². The number of hydrogen-bond acceptors (Lipinski definition) is 1. The van der Waals surface area contributed by atoms with Gasteiger partial charge in [0.2, 0.25) is 0 Å². The van der Waals surface area contributed by atoms with Crippen molar-refractivity contribution in [2.24, 2.45) is 0 Å². The van der Waals surface area contributed by atoms with Gasteiger partial charge in [0.05, 0.1) is 27.5 Å². The Morgan fingerprint density at radius 1 is 0.333 bits per heavy atom. The second-order valence-electron chi connectivity index (χ2n) is 11.7. The first-order valence-electron chi connectivity index (χ1n) is 15.4. The van der Waals surface area contributed by atoms with E-state index in [0.717, 1.165) is 49.7 Å². The van der Waals surface area contributed by atoms with Crippen LogP contribution >= 0.6 is 0 Å². The molecule has 45 heavy (non-hydrogen) atoms. The fraction of sp³-hybridized carbons (Fsp3) is 0. The molecule has 10 aromatic rings. The summed E-state index contributed by atoms with van der Waals surface area (Å²) >= 11 is 0. The number of hydrogen-bond donors (Lipinski definition) is 0. The highest BCUT2D eigenvalue weighted by Gasteiger charge is 2.22. The molecule has 0 fully saturated rings. The van der Waals surface area contributed by atoms with E-state index in [-0.39, 0.29) is 0 Å². The number of aromatic nitrogens is 2. The molecule has 0 aliphatic carbocycles. The molecule has 0 N–H and O–H groups in total. The van der Waals surface area contributed by atoms with Crippen molar-refractivity contribution in [2.45, 2.75) is 0 Å². The molecule has 0 unspecified atom stereocenters. The summed E-state index contributed by atoms with van der Waals surface area (Å²) in [5, 5.41) is 6.99. The minimum atomic E-state index is 0.912. The Hall–Kier alpha value is -6.06. The molecule has 3 heterocycles. The SMILES string of the molecule is c1ccc(-c2ccc(-n3c4ccccc4c4ccc5c6ccc7c(c8ccccc8n7-c7ccccc7)c6oc5c43)cc2)cc1. The van der Waals surface area contributed by atoms with Crippen molar-refractivity contribution in [3.8, 4) is 22.5 Å². The molecule has 0 saturated heterocycles. The number of benzene rings is 7. The number of nitrogens with zero attached hydrogens (tertiary/aromatic N) is 2. The lowest BCUT2D eigenvalue weighted by Crippen LogP contribution is -1.94. The first kappa shape index (κ1) is 24.4. The molecular formula is C42H26N2O. The average molecular weight is 575 g/mol. The van der Waals surface area contributed by atoms with Crippen LogP contribution in [0, 0.1) is 0 Å². The summed E-state index contributed by atoms with van der Waals surface area (Å²) in [4.78, 5) is 0. The first-order valence-corrected chi connectivity index (χ1v) is 15.4. The molecule has 7 aromatic carbocycles. The Labute approximate surface area is 258 Å². The average Bonchev–Trinajstić information content (AvgIpc) is 3.77. The fourth-order valence-electron chi connectivity index (χ4n) is 7.35. The largest absolute Gasteiger partial charge is 0.453 e. The van der Waals surface area contributed by atoms with Gasteiger partial charge in [0.1, 0.15) is 5.58 Å².